The molecule has 0 saturated heterocycles. The van der Waals surface area contributed by atoms with Crippen LogP contribution in [0, 0.1) is 5.41 Å². The molecule has 128 valence electrons. The zero-order valence-electron chi connectivity index (χ0n) is 15.7. The van der Waals surface area contributed by atoms with Crippen molar-refractivity contribution in [3.63, 3.8) is 0 Å². The molecule has 1 unspecified atom stereocenters. The first kappa shape index (κ1) is 17.2. The maximum atomic E-state index is 8.82. The number of allylic oxidation sites excluding steroid dienone is 4. The Hall–Kier alpha value is -2.61. The summed E-state index contributed by atoms with van der Waals surface area (Å²) in [6.45, 7) is 6.58. The molecule has 0 bridgehead atoms. The molecule has 1 atom stereocenters. The molecule has 2 aromatic rings. The van der Waals surface area contributed by atoms with Crippen LogP contribution in [-0.4, -0.2) is 19.8 Å². The first-order chi connectivity index (χ1) is 11.9. The largest absolute Gasteiger partial charge is 0.378 e. The summed E-state index contributed by atoms with van der Waals surface area (Å²) in [5.74, 6) is 0.260. The van der Waals surface area contributed by atoms with E-state index in [1.54, 1.807) is 0 Å². The van der Waals surface area contributed by atoms with Gasteiger partial charge in [-0.05, 0) is 44.0 Å². The van der Waals surface area contributed by atoms with Gasteiger partial charge >= 0.3 is 0 Å². The molecule has 0 aromatic heterocycles. The van der Waals surface area contributed by atoms with Crippen molar-refractivity contribution in [1.29, 1.82) is 5.41 Å². The molecule has 2 heteroatoms. The molecule has 1 N–H and O–H groups in total. The molecule has 1 aliphatic rings. The second kappa shape index (κ2) is 6.72. The van der Waals surface area contributed by atoms with Gasteiger partial charge < -0.3 is 4.90 Å². The lowest BCUT2D eigenvalue weighted by Crippen LogP contribution is -2.13. The molecule has 0 heterocycles. The van der Waals surface area contributed by atoms with E-state index in [0.29, 0.717) is 5.71 Å². The molecule has 2 aromatic carbocycles. The molecule has 25 heavy (non-hydrogen) atoms. The van der Waals surface area contributed by atoms with Gasteiger partial charge in [-0.25, -0.2) is 0 Å². The van der Waals surface area contributed by atoms with Crippen molar-refractivity contribution in [2.45, 2.75) is 26.7 Å². The number of nitrogens with one attached hydrogen (secondary N) is 1. The highest BCUT2D eigenvalue weighted by Crippen LogP contribution is 2.40. The van der Waals surface area contributed by atoms with E-state index in [1.807, 2.05) is 44.4 Å². The number of rotatable bonds is 4. The minimum atomic E-state index is 0.260. The number of hydrogen-bond acceptors (Lipinski definition) is 2. The van der Waals surface area contributed by atoms with Crippen molar-refractivity contribution < 1.29 is 0 Å². The Morgan fingerprint density at radius 1 is 0.960 bits per heavy atom. The summed E-state index contributed by atoms with van der Waals surface area (Å²) in [6, 6.07) is 16.5. The molecule has 0 aliphatic heterocycles. The van der Waals surface area contributed by atoms with Gasteiger partial charge in [0.1, 0.15) is 0 Å². The van der Waals surface area contributed by atoms with Crippen molar-refractivity contribution in [2.75, 3.05) is 19.0 Å². The predicted molar refractivity (Wildman–Crippen MR) is 108 cm³/mol. The van der Waals surface area contributed by atoms with Crippen LogP contribution in [0.4, 0.5) is 5.69 Å². The van der Waals surface area contributed by atoms with Crippen molar-refractivity contribution in [3.05, 3.63) is 88.0 Å². The Balaban J connectivity index is 2.15. The zero-order valence-corrected chi connectivity index (χ0v) is 15.7. The standard InChI is InChI=1S/C23H26N2/c1-15-13-21(17(3)16(15)2)20-12-11-19(25(4)5)14-22(20)23(24)18-9-7-6-8-10-18/h6-14,21,24H,1-5H3. The fraction of sp³-hybridized carbons (Fsp3) is 0.261. The van der Waals surface area contributed by atoms with E-state index in [-0.39, 0.29) is 5.92 Å². The van der Waals surface area contributed by atoms with Crippen molar-refractivity contribution in [2.24, 2.45) is 0 Å². The van der Waals surface area contributed by atoms with Gasteiger partial charge in [0, 0.05) is 36.8 Å². The quantitative estimate of drug-likeness (QED) is 0.731. The highest BCUT2D eigenvalue weighted by molar-refractivity contribution is 6.12. The normalized spacial score (nSPS) is 16.8. The van der Waals surface area contributed by atoms with Crippen LogP contribution in [-0.2, 0) is 0 Å². The Morgan fingerprint density at radius 3 is 2.20 bits per heavy atom. The van der Waals surface area contributed by atoms with E-state index in [0.717, 1.165) is 16.8 Å². The lowest BCUT2D eigenvalue weighted by atomic mass is 9.86. The predicted octanol–water partition coefficient (Wildman–Crippen LogP) is 5.55. The van der Waals surface area contributed by atoms with Gasteiger partial charge in [0.25, 0.3) is 0 Å². The topological polar surface area (TPSA) is 27.1 Å². The molecule has 2 nitrogen and oxygen atoms in total. The highest BCUT2D eigenvalue weighted by Gasteiger charge is 2.24. The maximum Gasteiger partial charge on any atom is 0.0688 e. The molecule has 3 rings (SSSR count). The van der Waals surface area contributed by atoms with Gasteiger partial charge in [-0.1, -0.05) is 53.6 Å². The minimum Gasteiger partial charge on any atom is -0.378 e. The van der Waals surface area contributed by atoms with Crippen LogP contribution in [0.1, 0.15) is 43.4 Å². The highest BCUT2D eigenvalue weighted by atomic mass is 15.1. The molecule has 0 radical (unpaired) electrons. The van der Waals surface area contributed by atoms with Crippen LogP contribution in [0.25, 0.3) is 0 Å². The first-order valence-corrected chi connectivity index (χ1v) is 8.72. The summed E-state index contributed by atoms with van der Waals surface area (Å²) in [6.07, 6.45) is 2.33. The summed E-state index contributed by atoms with van der Waals surface area (Å²) in [7, 11) is 4.08. The van der Waals surface area contributed by atoms with E-state index in [9.17, 15) is 0 Å². The Labute approximate surface area is 151 Å². The Morgan fingerprint density at radius 2 is 1.64 bits per heavy atom. The average molecular weight is 330 g/mol. The summed E-state index contributed by atoms with van der Waals surface area (Å²) in [5, 5.41) is 8.82. The van der Waals surface area contributed by atoms with Gasteiger partial charge in [0.15, 0.2) is 0 Å². The molecule has 0 fully saturated rings. The zero-order chi connectivity index (χ0) is 18.1. The fourth-order valence-corrected chi connectivity index (χ4v) is 3.44. The maximum absolute atomic E-state index is 8.82. The second-order valence-electron chi connectivity index (χ2n) is 7.04. The Bertz CT molecular complexity index is 870. The van der Waals surface area contributed by atoms with Crippen molar-refractivity contribution >= 4 is 11.4 Å². The van der Waals surface area contributed by atoms with Gasteiger partial charge in [-0.2, -0.15) is 0 Å². The monoisotopic (exact) mass is 330 g/mol. The van der Waals surface area contributed by atoms with Crippen molar-refractivity contribution in [1.82, 2.24) is 0 Å². The van der Waals surface area contributed by atoms with Gasteiger partial charge in [0.05, 0.1) is 5.71 Å². The fourth-order valence-electron chi connectivity index (χ4n) is 3.44. The summed E-state index contributed by atoms with van der Waals surface area (Å²) >= 11 is 0. The number of benzene rings is 2. The van der Waals surface area contributed by atoms with E-state index < -0.39 is 0 Å². The average Bonchev–Trinajstić information content (AvgIpc) is 2.88. The summed E-state index contributed by atoms with van der Waals surface area (Å²) in [5.41, 5.74) is 9.00. The third-order valence-corrected chi connectivity index (χ3v) is 5.29. The smallest absolute Gasteiger partial charge is 0.0688 e. The molecular weight excluding hydrogens is 304 g/mol. The second-order valence-corrected chi connectivity index (χ2v) is 7.04. The molecule has 0 saturated carbocycles. The molecule has 1 aliphatic carbocycles. The van der Waals surface area contributed by atoms with Gasteiger partial charge in [0.2, 0.25) is 0 Å². The first-order valence-electron chi connectivity index (χ1n) is 8.72. The lowest BCUT2D eigenvalue weighted by molar-refractivity contribution is 0.994. The van der Waals surface area contributed by atoms with E-state index in [4.69, 9.17) is 5.41 Å². The van der Waals surface area contributed by atoms with E-state index in [2.05, 4.69) is 49.9 Å². The van der Waals surface area contributed by atoms with Crippen LogP contribution < -0.4 is 4.90 Å². The van der Waals surface area contributed by atoms with Gasteiger partial charge in [-0.15, -0.1) is 0 Å². The van der Waals surface area contributed by atoms with Crippen molar-refractivity contribution in [3.8, 4) is 0 Å². The molecular formula is C23H26N2. The number of hydrogen-bond donors (Lipinski definition) is 1. The van der Waals surface area contributed by atoms with Gasteiger partial charge in [-0.3, -0.25) is 5.41 Å². The third-order valence-electron chi connectivity index (χ3n) is 5.29. The van der Waals surface area contributed by atoms with Crippen LogP contribution in [0.2, 0.25) is 0 Å². The Kier molecular flexibility index (Phi) is 4.63. The molecule has 0 spiro atoms. The third kappa shape index (κ3) is 3.17. The number of anilines is 1. The SMILES string of the molecule is CC1=CC(c2ccc(N(C)C)cc2C(=N)c2ccccc2)C(C)=C1C. The minimum absolute atomic E-state index is 0.260. The lowest BCUT2D eigenvalue weighted by Gasteiger charge is -2.21. The van der Waals surface area contributed by atoms with Crippen LogP contribution in [0.5, 0.6) is 0 Å². The van der Waals surface area contributed by atoms with Crippen LogP contribution in [0.15, 0.2) is 71.3 Å². The molecule has 0 amide bonds. The number of nitrogens with zero attached hydrogens (tertiary/aromatic N) is 1. The summed E-state index contributed by atoms with van der Waals surface area (Å²) < 4.78 is 0. The van der Waals surface area contributed by atoms with E-state index >= 15 is 0 Å². The van der Waals surface area contributed by atoms with E-state index in [1.165, 1.54) is 22.3 Å². The van der Waals surface area contributed by atoms with Crippen LogP contribution in [0.3, 0.4) is 0 Å². The summed E-state index contributed by atoms with van der Waals surface area (Å²) in [4.78, 5) is 2.09. The van der Waals surface area contributed by atoms with Crippen LogP contribution >= 0.6 is 0 Å².